The van der Waals surface area contributed by atoms with E-state index in [1.54, 1.807) is 0 Å². The van der Waals surface area contributed by atoms with Gasteiger partial charge in [0.05, 0.1) is 0 Å². The van der Waals surface area contributed by atoms with Crippen molar-refractivity contribution in [3.63, 3.8) is 0 Å². The number of nitrogens with two attached hydrogens (primary N) is 1. The van der Waals surface area contributed by atoms with Gasteiger partial charge in [-0.15, -0.1) is 0 Å². The lowest BCUT2D eigenvalue weighted by Gasteiger charge is -2.26. The normalized spacial score (nSPS) is 30.7. The number of ketones is 1. The van der Waals surface area contributed by atoms with Gasteiger partial charge in [0.1, 0.15) is 5.78 Å². The first-order valence-electron chi connectivity index (χ1n) is 4.90. The molecule has 2 N–H and O–H groups in total. The maximum atomic E-state index is 11.6. The largest absolute Gasteiger partial charge is 0.328 e. The summed E-state index contributed by atoms with van der Waals surface area (Å²) >= 11 is 0. The third kappa shape index (κ3) is 2.31. The molecule has 1 aliphatic rings. The summed E-state index contributed by atoms with van der Waals surface area (Å²) in [5.41, 5.74) is 5.81. The average molecular weight is 169 g/mol. The topological polar surface area (TPSA) is 43.1 Å². The predicted molar refractivity (Wildman–Crippen MR) is 49.8 cm³/mol. The van der Waals surface area contributed by atoms with Crippen molar-refractivity contribution in [3.05, 3.63) is 0 Å². The highest BCUT2D eigenvalue weighted by atomic mass is 16.1. The number of Topliss-reactive ketones (excluding diaryl/α,β-unsaturated/α-hetero) is 1. The first-order valence-corrected chi connectivity index (χ1v) is 4.90. The van der Waals surface area contributed by atoms with Gasteiger partial charge in [0, 0.05) is 17.9 Å². The van der Waals surface area contributed by atoms with Gasteiger partial charge in [-0.2, -0.15) is 0 Å². The van der Waals surface area contributed by atoms with Crippen molar-refractivity contribution in [2.24, 2.45) is 17.6 Å². The van der Waals surface area contributed by atoms with Crippen LogP contribution >= 0.6 is 0 Å². The first kappa shape index (κ1) is 9.72. The Morgan fingerprint density at radius 2 is 2.08 bits per heavy atom. The van der Waals surface area contributed by atoms with E-state index in [4.69, 9.17) is 5.73 Å². The van der Waals surface area contributed by atoms with Crippen molar-refractivity contribution in [2.45, 2.75) is 45.6 Å². The van der Waals surface area contributed by atoms with Gasteiger partial charge >= 0.3 is 0 Å². The quantitative estimate of drug-likeness (QED) is 0.684. The SMILES string of the molecule is CC(C)C(=O)[C@H]1CCC[C@H](N)C1. The summed E-state index contributed by atoms with van der Waals surface area (Å²) in [6, 6.07) is 0.270. The van der Waals surface area contributed by atoms with Crippen LogP contribution in [0.4, 0.5) is 0 Å². The van der Waals surface area contributed by atoms with Crippen LogP contribution < -0.4 is 5.73 Å². The van der Waals surface area contributed by atoms with Crippen molar-refractivity contribution >= 4 is 5.78 Å². The fourth-order valence-electron chi connectivity index (χ4n) is 1.96. The minimum atomic E-state index is 0.181. The smallest absolute Gasteiger partial charge is 0.138 e. The van der Waals surface area contributed by atoms with E-state index in [2.05, 4.69) is 0 Å². The molecule has 0 aromatic heterocycles. The molecule has 2 atom stereocenters. The van der Waals surface area contributed by atoms with Crippen LogP contribution in [0.2, 0.25) is 0 Å². The van der Waals surface area contributed by atoms with E-state index in [-0.39, 0.29) is 17.9 Å². The van der Waals surface area contributed by atoms with E-state index in [0.29, 0.717) is 5.78 Å². The third-order valence-electron chi connectivity index (χ3n) is 2.69. The Hall–Kier alpha value is -0.370. The van der Waals surface area contributed by atoms with Crippen molar-refractivity contribution in [2.75, 3.05) is 0 Å². The molecule has 0 heterocycles. The van der Waals surface area contributed by atoms with Gasteiger partial charge in [0.15, 0.2) is 0 Å². The monoisotopic (exact) mass is 169 g/mol. The summed E-state index contributed by atoms with van der Waals surface area (Å²) in [5.74, 6) is 0.846. The highest BCUT2D eigenvalue weighted by molar-refractivity contribution is 5.82. The van der Waals surface area contributed by atoms with Gasteiger partial charge in [-0.05, 0) is 19.3 Å². The lowest BCUT2D eigenvalue weighted by Crippen LogP contribution is -2.33. The average Bonchev–Trinajstić information content (AvgIpc) is 2.03. The van der Waals surface area contributed by atoms with E-state index in [1.165, 1.54) is 0 Å². The van der Waals surface area contributed by atoms with Crippen molar-refractivity contribution in [1.29, 1.82) is 0 Å². The molecule has 2 heteroatoms. The maximum Gasteiger partial charge on any atom is 0.138 e. The lowest BCUT2D eigenvalue weighted by molar-refractivity contribution is -0.126. The van der Waals surface area contributed by atoms with Gasteiger partial charge in [0.25, 0.3) is 0 Å². The van der Waals surface area contributed by atoms with Gasteiger partial charge in [0.2, 0.25) is 0 Å². The van der Waals surface area contributed by atoms with Crippen LogP contribution in [0, 0.1) is 11.8 Å². The zero-order chi connectivity index (χ0) is 9.14. The highest BCUT2D eigenvalue weighted by Crippen LogP contribution is 2.25. The molecule has 70 valence electrons. The molecule has 0 amide bonds. The van der Waals surface area contributed by atoms with E-state index < -0.39 is 0 Å². The Labute approximate surface area is 74.5 Å². The Balaban J connectivity index is 2.46. The van der Waals surface area contributed by atoms with Crippen LogP contribution in [-0.2, 0) is 4.79 Å². The molecule has 1 rings (SSSR count). The molecular formula is C10H19NO. The Bertz CT molecular complexity index is 165. The number of carbonyl (C=O) groups excluding carboxylic acids is 1. The summed E-state index contributed by atoms with van der Waals surface area (Å²) in [7, 11) is 0. The van der Waals surface area contributed by atoms with Gasteiger partial charge in [-0.1, -0.05) is 20.3 Å². The molecule has 12 heavy (non-hydrogen) atoms. The van der Waals surface area contributed by atoms with Crippen molar-refractivity contribution < 1.29 is 4.79 Å². The summed E-state index contributed by atoms with van der Waals surface area (Å²) < 4.78 is 0. The number of carbonyl (C=O) groups is 1. The molecule has 1 fully saturated rings. The molecule has 1 saturated carbocycles. The van der Waals surface area contributed by atoms with Crippen molar-refractivity contribution in [3.8, 4) is 0 Å². The molecule has 0 aliphatic heterocycles. The molecule has 0 aromatic carbocycles. The minimum absolute atomic E-state index is 0.181. The zero-order valence-corrected chi connectivity index (χ0v) is 8.05. The van der Waals surface area contributed by atoms with Crippen LogP contribution in [0.1, 0.15) is 39.5 Å². The maximum absolute atomic E-state index is 11.6. The van der Waals surface area contributed by atoms with Crippen molar-refractivity contribution in [1.82, 2.24) is 0 Å². The van der Waals surface area contributed by atoms with E-state index in [9.17, 15) is 4.79 Å². The van der Waals surface area contributed by atoms with Gasteiger partial charge in [-0.3, -0.25) is 4.79 Å². The van der Waals surface area contributed by atoms with E-state index in [1.807, 2.05) is 13.8 Å². The molecule has 0 bridgehead atoms. The number of hydrogen-bond donors (Lipinski definition) is 1. The fourth-order valence-corrected chi connectivity index (χ4v) is 1.96. The lowest BCUT2D eigenvalue weighted by atomic mass is 9.80. The molecule has 1 aliphatic carbocycles. The number of rotatable bonds is 2. The second-order valence-corrected chi connectivity index (χ2v) is 4.18. The Morgan fingerprint density at radius 1 is 1.42 bits per heavy atom. The van der Waals surface area contributed by atoms with Crippen LogP contribution in [0.25, 0.3) is 0 Å². The molecule has 0 unspecified atom stereocenters. The summed E-state index contributed by atoms with van der Waals surface area (Å²) in [6.07, 6.45) is 4.20. The van der Waals surface area contributed by atoms with Crippen LogP contribution in [-0.4, -0.2) is 11.8 Å². The number of hydrogen-bond acceptors (Lipinski definition) is 2. The van der Waals surface area contributed by atoms with Crippen LogP contribution in [0.5, 0.6) is 0 Å². The summed E-state index contributed by atoms with van der Waals surface area (Å²) in [4.78, 5) is 11.6. The van der Waals surface area contributed by atoms with Gasteiger partial charge < -0.3 is 5.73 Å². The Morgan fingerprint density at radius 3 is 2.58 bits per heavy atom. The third-order valence-corrected chi connectivity index (χ3v) is 2.69. The second kappa shape index (κ2) is 4.04. The standard InChI is InChI=1S/C10H19NO/c1-7(2)10(12)8-4-3-5-9(11)6-8/h7-9H,3-6,11H2,1-2H3/t8-,9-/m0/s1. The molecule has 0 aromatic rings. The molecule has 0 radical (unpaired) electrons. The van der Waals surface area contributed by atoms with E-state index >= 15 is 0 Å². The summed E-state index contributed by atoms with van der Waals surface area (Å²) in [6.45, 7) is 3.95. The minimum Gasteiger partial charge on any atom is -0.328 e. The fraction of sp³-hybridized carbons (Fsp3) is 0.900. The predicted octanol–water partition coefficient (Wildman–Crippen LogP) is 1.73. The highest BCUT2D eigenvalue weighted by Gasteiger charge is 2.26. The summed E-state index contributed by atoms with van der Waals surface area (Å²) in [5, 5.41) is 0. The molecule has 2 nitrogen and oxygen atoms in total. The van der Waals surface area contributed by atoms with Crippen LogP contribution in [0.15, 0.2) is 0 Å². The second-order valence-electron chi connectivity index (χ2n) is 4.18. The Kier molecular flexibility index (Phi) is 3.27. The molecule has 0 spiro atoms. The molecule has 0 saturated heterocycles. The first-order chi connectivity index (χ1) is 5.61. The molecular weight excluding hydrogens is 150 g/mol. The van der Waals surface area contributed by atoms with E-state index in [0.717, 1.165) is 25.7 Å². The zero-order valence-electron chi connectivity index (χ0n) is 8.05. The van der Waals surface area contributed by atoms with Crippen LogP contribution in [0.3, 0.4) is 0 Å². The van der Waals surface area contributed by atoms with Gasteiger partial charge in [-0.25, -0.2) is 0 Å².